The Labute approximate surface area is 125 Å². The molecule has 1 aromatic heterocycles. The quantitative estimate of drug-likeness (QED) is 0.706. The van der Waals surface area contributed by atoms with Gasteiger partial charge in [-0.25, -0.2) is 14.4 Å². The zero-order valence-electron chi connectivity index (χ0n) is 10.8. The number of hydrogen-bond acceptors (Lipinski definition) is 2. The smallest absolute Gasteiger partial charge is 0.161 e. The molecular formula is C14H13BrClFN2. The normalized spacial score (nSPS) is 11.1. The maximum atomic E-state index is 13.2. The first-order chi connectivity index (χ1) is 8.90. The van der Waals surface area contributed by atoms with Crippen LogP contribution in [0.5, 0.6) is 0 Å². The van der Waals surface area contributed by atoms with Crippen LogP contribution in [0.4, 0.5) is 4.39 Å². The Morgan fingerprint density at radius 1 is 1.26 bits per heavy atom. The molecule has 0 fully saturated rings. The summed E-state index contributed by atoms with van der Waals surface area (Å²) in [5.41, 5.74) is 2.53. The highest BCUT2D eigenvalue weighted by molar-refractivity contribution is 9.10. The summed E-state index contributed by atoms with van der Waals surface area (Å²) >= 11 is 9.37. The molecule has 5 heteroatoms. The molecule has 0 spiro atoms. The van der Waals surface area contributed by atoms with Crippen molar-refractivity contribution in [3.63, 3.8) is 0 Å². The van der Waals surface area contributed by atoms with Gasteiger partial charge in [-0.3, -0.25) is 0 Å². The molecule has 0 atom stereocenters. The van der Waals surface area contributed by atoms with Crippen LogP contribution in [0.1, 0.15) is 31.0 Å². The van der Waals surface area contributed by atoms with Gasteiger partial charge in [-0.2, -0.15) is 0 Å². The maximum Gasteiger partial charge on any atom is 0.161 e. The van der Waals surface area contributed by atoms with E-state index in [1.807, 2.05) is 20.8 Å². The van der Waals surface area contributed by atoms with Gasteiger partial charge in [0.15, 0.2) is 5.82 Å². The Bertz CT molecular complexity index is 606. The second-order valence-corrected chi connectivity index (χ2v) is 5.83. The third-order valence-corrected chi connectivity index (χ3v) is 3.74. The summed E-state index contributed by atoms with van der Waals surface area (Å²) in [4.78, 5) is 8.76. The molecule has 1 heterocycles. The van der Waals surface area contributed by atoms with Gasteiger partial charge < -0.3 is 0 Å². The lowest BCUT2D eigenvalue weighted by Crippen LogP contribution is -2.02. The van der Waals surface area contributed by atoms with Crippen molar-refractivity contribution in [1.29, 1.82) is 0 Å². The number of rotatable bonds is 2. The first kappa shape index (κ1) is 14.4. The molecule has 0 amide bonds. The summed E-state index contributed by atoms with van der Waals surface area (Å²) in [6.45, 7) is 6.00. The molecule has 2 rings (SSSR count). The highest BCUT2D eigenvalue weighted by Gasteiger charge is 2.14. The molecule has 0 N–H and O–H groups in total. The lowest BCUT2D eigenvalue weighted by molar-refractivity contribution is 0.621. The van der Waals surface area contributed by atoms with E-state index in [4.69, 9.17) is 11.6 Å². The summed E-state index contributed by atoms with van der Waals surface area (Å²) in [5.74, 6) is 0.458. The Morgan fingerprint density at radius 2 is 1.95 bits per heavy atom. The molecule has 0 unspecified atom stereocenters. The lowest BCUT2D eigenvalue weighted by Gasteiger charge is -2.12. The van der Waals surface area contributed by atoms with E-state index in [2.05, 4.69) is 25.9 Å². The van der Waals surface area contributed by atoms with Crippen molar-refractivity contribution >= 4 is 27.5 Å². The van der Waals surface area contributed by atoms with Gasteiger partial charge in [-0.1, -0.05) is 25.4 Å². The van der Waals surface area contributed by atoms with Crippen molar-refractivity contribution in [3.05, 3.63) is 44.9 Å². The lowest BCUT2D eigenvalue weighted by atomic mass is 10.0. The largest absolute Gasteiger partial charge is 0.233 e. The maximum absolute atomic E-state index is 13.2. The average molecular weight is 344 g/mol. The number of aryl methyl sites for hydroxylation is 1. The summed E-state index contributed by atoms with van der Waals surface area (Å²) in [6, 6.07) is 4.66. The summed E-state index contributed by atoms with van der Waals surface area (Å²) in [5, 5.41) is 0.456. The van der Waals surface area contributed by atoms with Crippen molar-refractivity contribution in [2.45, 2.75) is 26.7 Å². The van der Waals surface area contributed by atoms with Crippen LogP contribution < -0.4 is 0 Å². The molecule has 0 saturated carbocycles. The average Bonchev–Trinajstić information content (AvgIpc) is 2.31. The summed E-state index contributed by atoms with van der Waals surface area (Å²) in [7, 11) is 0. The molecule has 2 nitrogen and oxygen atoms in total. The van der Waals surface area contributed by atoms with Crippen LogP contribution in [0.25, 0.3) is 11.4 Å². The van der Waals surface area contributed by atoms with Gasteiger partial charge in [0.1, 0.15) is 11.0 Å². The SMILES string of the molecule is Cc1nc(-c2ccc(F)c(Br)c2)nc(Cl)c1C(C)C. The van der Waals surface area contributed by atoms with Crippen LogP contribution in [0, 0.1) is 12.7 Å². The van der Waals surface area contributed by atoms with Crippen LogP contribution in [0.15, 0.2) is 22.7 Å². The Hall–Kier alpha value is -1.00. The fourth-order valence-electron chi connectivity index (χ4n) is 1.97. The van der Waals surface area contributed by atoms with Crippen LogP contribution in [-0.2, 0) is 0 Å². The van der Waals surface area contributed by atoms with E-state index in [0.717, 1.165) is 16.8 Å². The molecule has 2 aromatic rings. The topological polar surface area (TPSA) is 25.8 Å². The van der Waals surface area contributed by atoms with Gasteiger partial charge in [0.05, 0.1) is 4.47 Å². The third-order valence-electron chi connectivity index (χ3n) is 2.84. The van der Waals surface area contributed by atoms with Crippen LogP contribution in [0.3, 0.4) is 0 Å². The second-order valence-electron chi connectivity index (χ2n) is 4.62. The van der Waals surface area contributed by atoms with E-state index < -0.39 is 0 Å². The van der Waals surface area contributed by atoms with E-state index in [-0.39, 0.29) is 11.7 Å². The van der Waals surface area contributed by atoms with Gasteiger partial charge in [0.25, 0.3) is 0 Å². The molecule has 0 bridgehead atoms. The van der Waals surface area contributed by atoms with Crippen LogP contribution >= 0.6 is 27.5 Å². The second kappa shape index (κ2) is 5.55. The number of nitrogens with zero attached hydrogens (tertiary/aromatic N) is 2. The van der Waals surface area contributed by atoms with Gasteiger partial charge in [0, 0.05) is 16.8 Å². The first-order valence-electron chi connectivity index (χ1n) is 5.89. The van der Waals surface area contributed by atoms with Crippen molar-refractivity contribution in [1.82, 2.24) is 9.97 Å². The molecule has 0 saturated heterocycles. The van der Waals surface area contributed by atoms with Crippen molar-refractivity contribution in [2.75, 3.05) is 0 Å². The molecule has 0 aliphatic rings. The molecule has 19 heavy (non-hydrogen) atoms. The fraction of sp³-hybridized carbons (Fsp3) is 0.286. The minimum Gasteiger partial charge on any atom is -0.233 e. The zero-order chi connectivity index (χ0) is 14.2. The number of benzene rings is 1. The Balaban J connectivity index is 2.55. The van der Waals surface area contributed by atoms with Crippen molar-refractivity contribution in [3.8, 4) is 11.4 Å². The highest BCUT2D eigenvalue weighted by Crippen LogP contribution is 2.29. The molecule has 100 valence electrons. The van der Waals surface area contributed by atoms with Crippen molar-refractivity contribution < 1.29 is 4.39 Å². The van der Waals surface area contributed by atoms with E-state index >= 15 is 0 Å². The third kappa shape index (κ3) is 2.95. The zero-order valence-corrected chi connectivity index (χ0v) is 13.2. The fourth-order valence-corrected chi connectivity index (χ4v) is 2.78. The van der Waals surface area contributed by atoms with E-state index in [1.54, 1.807) is 12.1 Å². The molecule has 0 radical (unpaired) electrons. The van der Waals surface area contributed by atoms with Gasteiger partial charge in [0.2, 0.25) is 0 Å². The number of halogens is 3. The summed E-state index contributed by atoms with van der Waals surface area (Å²) in [6.07, 6.45) is 0. The highest BCUT2D eigenvalue weighted by atomic mass is 79.9. The number of hydrogen-bond donors (Lipinski definition) is 0. The molecular weight excluding hydrogens is 331 g/mol. The van der Waals surface area contributed by atoms with Crippen molar-refractivity contribution in [2.24, 2.45) is 0 Å². The minimum atomic E-state index is -0.314. The van der Waals surface area contributed by atoms with Gasteiger partial charge in [-0.05, 0) is 47.0 Å². The predicted octanol–water partition coefficient (Wildman–Crippen LogP) is 5.13. The van der Waals surface area contributed by atoms with E-state index in [1.165, 1.54) is 6.07 Å². The van der Waals surface area contributed by atoms with Crippen LogP contribution in [0.2, 0.25) is 5.15 Å². The summed E-state index contributed by atoms with van der Waals surface area (Å²) < 4.78 is 13.6. The van der Waals surface area contributed by atoms with Gasteiger partial charge >= 0.3 is 0 Å². The predicted molar refractivity (Wildman–Crippen MR) is 79.0 cm³/mol. The van der Waals surface area contributed by atoms with E-state index in [9.17, 15) is 4.39 Å². The van der Waals surface area contributed by atoms with Crippen LogP contribution in [-0.4, -0.2) is 9.97 Å². The van der Waals surface area contributed by atoms with E-state index in [0.29, 0.717) is 15.5 Å². The molecule has 1 aromatic carbocycles. The molecule has 0 aliphatic carbocycles. The number of aromatic nitrogens is 2. The Morgan fingerprint density at radius 3 is 2.47 bits per heavy atom. The van der Waals surface area contributed by atoms with Gasteiger partial charge in [-0.15, -0.1) is 0 Å². The first-order valence-corrected chi connectivity index (χ1v) is 7.06. The monoisotopic (exact) mass is 342 g/mol. The molecule has 0 aliphatic heterocycles. The Kier molecular flexibility index (Phi) is 4.21. The minimum absolute atomic E-state index is 0.265. The standard InChI is InChI=1S/C14H13BrClFN2/c1-7(2)12-8(3)18-14(19-13(12)16)9-4-5-11(17)10(15)6-9/h4-7H,1-3H3.